The maximum absolute atomic E-state index is 8.99. The molecule has 0 bridgehead atoms. The first-order chi connectivity index (χ1) is 10.7. The van der Waals surface area contributed by atoms with Crippen LogP contribution in [0.4, 0.5) is 17.5 Å². The zero-order valence-electron chi connectivity index (χ0n) is 11.9. The Morgan fingerprint density at radius 2 is 2.00 bits per heavy atom. The average molecular weight is 363 g/mol. The number of aliphatic hydroxyl groups excluding tert-OH is 1. The minimum atomic E-state index is 0.0290. The molecule has 3 aromatic rings. The summed E-state index contributed by atoms with van der Waals surface area (Å²) in [5, 5.41) is 20.3. The zero-order chi connectivity index (χ0) is 15.5. The monoisotopic (exact) mass is 362 g/mol. The van der Waals surface area contributed by atoms with Crippen molar-refractivity contribution in [2.45, 2.75) is 0 Å². The molecule has 0 spiro atoms. The molecule has 0 radical (unpaired) electrons. The maximum atomic E-state index is 8.99. The third kappa shape index (κ3) is 3.02. The van der Waals surface area contributed by atoms with E-state index >= 15 is 0 Å². The van der Waals surface area contributed by atoms with Crippen molar-refractivity contribution >= 4 is 44.4 Å². The predicted octanol–water partition coefficient (Wildman–Crippen LogP) is 2.27. The van der Waals surface area contributed by atoms with Gasteiger partial charge in [-0.3, -0.25) is 4.68 Å². The molecule has 2 heterocycles. The summed E-state index contributed by atoms with van der Waals surface area (Å²) in [6, 6.07) is 7.75. The highest BCUT2D eigenvalue weighted by atomic mass is 79.9. The molecule has 114 valence electrons. The van der Waals surface area contributed by atoms with Crippen molar-refractivity contribution in [3.63, 3.8) is 0 Å². The minimum absolute atomic E-state index is 0.0290. The molecule has 0 atom stereocenters. The Morgan fingerprint density at radius 3 is 2.73 bits per heavy atom. The lowest BCUT2D eigenvalue weighted by Crippen LogP contribution is -2.09. The van der Waals surface area contributed by atoms with Crippen LogP contribution in [-0.2, 0) is 7.05 Å². The first-order valence-corrected chi connectivity index (χ1v) is 7.54. The summed E-state index contributed by atoms with van der Waals surface area (Å²) in [6.07, 6.45) is 1.71. The van der Waals surface area contributed by atoms with E-state index in [9.17, 15) is 0 Å². The van der Waals surface area contributed by atoms with Gasteiger partial charge in [0, 0.05) is 23.8 Å². The number of nitrogens with zero attached hydrogens (tertiary/aromatic N) is 4. The zero-order valence-corrected chi connectivity index (χ0v) is 13.5. The van der Waals surface area contributed by atoms with Gasteiger partial charge in [-0.1, -0.05) is 15.9 Å². The molecule has 2 aromatic heterocycles. The van der Waals surface area contributed by atoms with Gasteiger partial charge in [0.25, 0.3) is 0 Å². The minimum Gasteiger partial charge on any atom is -0.395 e. The molecule has 3 N–H and O–H groups in total. The van der Waals surface area contributed by atoms with E-state index in [0.717, 1.165) is 21.2 Å². The van der Waals surface area contributed by atoms with Gasteiger partial charge < -0.3 is 15.7 Å². The van der Waals surface area contributed by atoms with Gasteiger partial charge in [-0.05, 0) is 24.3 Å². The van der Waals surface area contributed by atoms with Crippen LogP contribution in [0.3, 0.4) is 0 Å². The van der Waals surface area contributed by atoms with E-state index in [2.05, 4.69) is 41.6 Å². The molecule has 0 amide bonds. The molecule has 22 heavy (non-hydrogen) atoms. The lowest BCUT2D eigenvalue weighted by Gasteiger charge is -2.09. The lowest BCUT2D eigenvalue weighted by atomic mass is 10.3. The van der Waals surface area contributed by atoms with Crippen LogP contribution in [-0.4, -0.2) is 38.0 Å². The number of nitrogens with one attached hydrogen (secondary N) is 2. The standard InChI is InChI=1S/C14H15BrN6O/c1-21-13-11(8-17-21)12(16-6-7-22)19-14(20-13)18-10-4-2-9(15)3-5-10/h2-5,8,22H,6-7H2,1H3,(H2,16,18,19,20). The van der Waals surface area contributed by atoms with Crippen LogP contribution in [0.25, 0.3) is 11.0 Å². The second-order valence-electron chi connectivity index (χ2n) is 4.68. The molecule has 3 rings (SSSR count). The van der Waals surface area contributed by atoms with Crippen LogP contribution in [0.2, 0.25) is 0 Å². The van der Waals surface area contributed by atoms with Gasteiger partial charge in [0.15, 0.2) is 5.65 Å². The second-order valence-corrected chi connectivity index (χ2v) is 5.60. The molecule has 1 aromatic carbocycles. The Balaban J connectivity index is 1.98. The molecule has 8 heteroatoms. The van der Waals surface area contributed by atoms with Gasteiger partial charge >= 0.3 is 0 Å². The quantitative estimate of drug-likeness (QED) is 0.645. The van der Waals surface area contributed by atoms with Crippen molar-refractivity contribution in [2.24, 2.45) is 7.05 Å². The molecular weight excluding hydrogens is 348 g/mol. The number of aryl methyl sites for hydroxylation is 1. The van der Waals surface area contributed by atoms with Crippen molar-refractivity contribution in [3.05, 3.63) is 34.9 Å². The number of fused-ring (bicyclic) bond motifs is 1. The Bertz CT molecular complexity index is 786. The van der Waals surface area contributed by atoms with Crippen LogP contribution in [0.5, 0.6) is 0 Å². The van der Waals surface area contributed by atoms with Gasteiger partial charge in [-0.2, -0.15) is 15.1 Å². The molecule has 0 unspecified atom stereocenters. The normalized spacial score (nSPS) is 10.9. The predicted molar refractivity (Wildman–Crippen MR) is 89.3 cm³/mol. The Labute approximate surface area is 135 Å². The summed E-state index contributed by atoms with van der Waals surface area (Å²) in [4.78, 5) is 8.95. The Morgan fingerprint density at radius 1 is 1.23 bits per heavy atom. The van der Waals surface area contributed by atoms with Crippen LogP contribution < -0.4 is 10.6 Å². The summed E-state index contributed by atoms with van der Waals surface area (Å²) in [7, 11) is 1.83. The Hall–Kier alpha value is -2.19. The van der Waals surface area contributed by atoms with E-state index in [1.807, 2.05) is 31.3 Å². The van der Waals surface area contributed by atoms with Gasteiger partial charge in [-0.15, -0.1) is 0 Å². The summed E-state index contributed by atoms with van der Waals surface area (Å²) in [6.45, 7) is 0.444. The third-order valence-electron chi connectivity index (χ3n) is 3.10. The third-order valence-corrected chi connectivity index (χ3v) is 3.63. The summed E-state index contributed by atoms with van der Waals surface area (Å²) >= 11 is 3.40. The topological polar surface area (TPSA) is 87.9 Å². The van der Waals surface area contributed by atoms with Gasteiger partial charge in [-0.25, -0.2) is 0 Å². The number of aliphatic hydroxyl groups is 1. The van der Waals surface area contributed by atoms with Crippen LogP contribution in [0, 0.1) is 0 Å². The Kier molecular flexibility index (Phi) is 4.21. The van der Waals surface area contributed by atoms with Crippen molar-refractivity contribution in [1.82, 2.24) is 19.7 Å². The van der Waals surface area contributed by atoms with E-state index in [4.69, 9.17) is 5.11 Å². The van der Waals surface area contributed by atoms with Gasteiger partial charge in [0.2, 0.25) is 5.95 Å². The van der Waals surface area contributed by atoms with Crippen molar-refractivity contribution in [3.8, 4) is 0 Å². The fraction of sp³-hybridized carbons (Fsp3) is 0.214. The van der Waals surface area contributed by atoms with Crippen molar-refractivity contribution in [2.75, 3.05) is 23.8 Å². The van der Waals surface area contributed by atoms with Gasteiger partial charge in [0.1, 0.15) is 5.82 Å². The summed E-state index contributed by atoms with van der Waals surface area (Å²) < 4.78 is 2.69. The smallest absolute Gasteiger partial charge is 0.231 e. The number of hydrogen-bond donors (Lipinski definition) is 3. The highest BCUT2D eigenvalue weighted by molar-refractivity contribution is 9.10. The highest BCUT2D eigenvalue weighted by Crippen LogP contribution is 2.23. The van der Waals surface area contributed by atoms with Crippen LogP contribution in [0.1, 0.15) is 0 Å². The average Bonchev–Trinajstić information content (AvgIpc) is 2.89. The van der Waals surface area contributed by atoms with Crippen LogP contribution >= 0.6 is 15.9 Å². The number of aromatic nitrogens is 4. The van der Waals surface area contributed by atoms with E-state index in [-0.39, 0.29) is 6.61 Å². The molecule has 0 saturated heterocycles. The SMILES string of the molecule is Cn1ncc2c(NCCO)nc(Nc3ccc(Br)cc3)nc21. The van der Waals surface area contributed by atoms with E-state index in [1.54, 1.807) is 10.9 Å². The first kappa shape index (κ1) is 14.7. The van der Waals surface area contributed by atoms with E-state index in [1.165, 1.54) is 0 Å². The molecule has 0 aliphatic rings. The maximum Gasteiger partial charge on any atom is 0.231 e. The fourth-order valence-corrected chi connectivity index (χ4v) is 2.31. The molecule has 0 aliphatic carbocycles. The van der Waals surface area contributed by atoms with E-state index in [0.29, 0.717) is 18.3 Å². The fourth-order valence-electron chi connectivity index (χ4n) is 2.05. The van der Waals surface area contributed by atoms with E-state index < -0.39 is 0 Å². The van der Waals surface area contributed by atoms with Crippen molar-refractivity contribution < 1.29 is 5.11 Å². The highest BCUT2D eigenvalue weighted by Gasteiger charge is 2.11. The molecule has 0 fully saturated rings. The molecule has 0 saturated carbocycles. The molecule has 7 nitrogen and oxygen atoms in total. The number of halogens is 1. The van der Waals surface area contributed by atoms with Gasteiger partial charge in [0.05, 0.1) is 18.2 Å². The van der Waals surface area contributed by atoms with Crippen molar-refractivity contribution in [1.29, 1.82) is 0 Å². The lowest BCUT2D eigenvalue weighted by molar-refractivity contribution is 0.311. The molecule has 0 aliphatic heterocycles. The number of hydrogen-bond acceptors (Lipinski definition) is 6. The number of rotatable bonds is 5. The number of anilines is 3. The first-order valence-electron chi connectivity index (χ1n) is 6.74. The summed E-state index contributed by atoms with van der Waals surface area (Å²) in [5.41, 5.74) is 1.60. The second kappa shape index (κ2) is 6.29. The largest absolute Gasteiger partial charge is 0.395 e. The number of benzene rings is 1. The summed E-state index contributed by atoms with van der Waals surface area (Å²) in [5.74, 6) is 1.12. The molecular formula is C14H15BrN6O. The van der Waals surface area contributed by atoms with Crippen LogP contribution in [0.15, 0.2) is 34.9 Å².